The lowest BCUT2D eigenvalue weighted by molar-refractivity contribution is -0.117. The van der Waals surface area contributed by atoms with E-state index in [1.807, 2.05) is 6.07 Å². The highest BCUT2D eigenvalue weighted by Gasteiger charge is 2.23. The average Bonchev–Trinajstić information content (AvgIpc) is 3.53. The number of nitrogens with one attached hydrogen (secondary N) is 3. The lowest BCUT2D eigenvalue weighted by Gasteiger charge is -2.22. The van der Waals surface area contributed by atoms with Crippen molar-refractivity contribution in [3.8, 4) is 6.07 Å². The largest absolute Gasteiger partial charge is 0.394 e. The van der Waals surface area contributed by atoms with E-state index >= 15 is 0 Å². The van der Waals surface area contributed by atoms with E-state index in [0.717, 1.165) is 37.4 Å². The van der Waals surface area contributed by atoms with Gasteiger partial charge >= 0.3 is 0 Å². The smallest absolute Gasteiger partial charge is 0.270 e. The van der Waals surface area contributed by atoms with Crippen molar-refractivity contribution in [2.24, 2.45) is 0 Å². The Morgan fingerprint density at radius 3 is 2.66 bits per heavy atom. The van der Waals surface area contributed by atoms with Crippen LogP contribution in [0.15, 0.2) is 29.1 Å². The Morgan fingerprint density at radius 2 is 2.00 bits per heavy atom. The van der Waals surface area contributed by atoms with Crippen LogP contribution in [0, 0.1) is 11.3 Å². The Balaban J connectivity index is 1.76. The molecule has 1 aliphatic rings. The fourth-order valence-electron chi connectivity index (χ4n) is 4.11. The second-order valence-corrected chi connectivity index (χ2v) is 10.9. The minimum Gasteiger partial charge on any atom is -0.394 e. The second-order valence-electron chi connectivity index (χ2n) is 9.83. The van der Waals surface area contributed by atoms with E-state index in [4.69, 9.17) is 0 Å². The number of carbonyl (C=O) groups excluding carboxylic acids is 2. The number of carbonyl (C=O) groups is 2. The summed E-state index contributed by atoms with van der Waals surface area (Å²) in [6, 6.07) is 8.88. The number of hydrogen-bond donors (Lipinski definition) is 4. The Hall–Kier alpha value is -3.46. The summed E-state index contributed by atoms with van der Waals surface area (Å²) in [5.74, 6) is -0.819. The average molecular weight is 541 g/mol. The minimum absolute atomic E-state index is 0.160. The number of nitrogens with zero attached hydrogens (tertiary/aromatic N) is 3. The summed E-state index contributed by atoms with van der Waals surface area (Å²) < 4.78 is 1.91. The monoisotopic (exact) mass is 540 g/mol. The zero-order chi connectivity index (χ0) is 27.7. The van der Waals surface area contributed by atoms with Crippen molar-refractivity contribution in [1.29, 1.82) is 5.26 Å². The molecular weight excluding hydrogens is 504 g/mol. The quantitative estimate of drug-likeness (QED) is 0.305. The fourth-order valence-corrected chi connectivity index (χ4v) is 5.20. The molecule has 1 aromatic heterocycles. The molecule has 1 aliphatic heterocycles. The molecule has 204 valence electrons. The molecule has 11 heteroatoms. The van der Waals surface area contributed by atoms with E-state index in [2.05, 4.69) is 20.9 Å². The number of nitriles is 1. The molecule has 3 rings (SSSR count). The number of thiazole rings is 1. The maximum absolute atomic E-state index is 13.0. The van der Waals surface area contributed by atoms with Gasteiger partial charge in [-0.25, -0.2) is 0 Å². The predicted molar refractivity (Wildman–Crippen MR) is 149 cm³/mol. The van der Waals surface area contributed by atoms with Crippen LogP contribution in [0.5, 0.6) is 0 Å². The van der Waals surface area contributed by atoms with Gasteiger partial charge in [-0.2, -0.15) is 5.26 Å². The van der Waals surface area contributed by atoms with Crippen LogP contribution in [0.25, 0.3) is 11.8 Å². The van der Waals surface area contributed by atoms with Crippen LogP contribution in [-0.2, 0) is 11.3 Å². The van der Waals surface area contributed by atoms with Crippen LogP contribution in [0.4, 0.5) is 5.69 Å². The van der Waals surface area contributed by atoms with Crippen molar-refractivity contribution in [3.63, 3.8) is 0 Å². The molecule has 0 saturated carbocycles. The number of aliphatic hydroxyl groups is 1. The number of hydrogen-bond acceptors (Lipinski definition) is 8. The first kappa shape index (κ1) is 29.1. The van der Waals surface area contributed by atoms with Gasteiger partial charge < -0.3 is 26.0 Å². The summed E-state index contributed by atoms with van der Waals surface area (Å²) in [5, 5.41) is 27.8. The second kappa shape index (κ2) is 13.4. The Kier molecular flexibility index (Phi) is 10.2. The lowest BCUT2D eigenvalue weighted by Crippen LogP contribution is -2.47. The van der Waals surface area contributed by atoms with Gasteiger partial charge in [0.15, 0.2) is 5.57 Å². The summed E-state index contributed by atoms with van der Waals surface area (Å²) in [6.45, 7) is 8.85. The topological polar surface area (TPSA) is 139 Å². The first-order chi connectivity index (χ1) is 18.2. The summed E-state index contributed by atoms with van der Waals surface area (Å²) >= 11 is 1.03. The molecule has 2 heterocycles. The SMILES string of the molecule is CCn1c(=O)/c(=C\Nc2cccc(C(=O)NCCCN3CCCC3)c2)s/c1=C(/C#N)C(=O)NC(C)(C)CO. The number of aromatic nitrogens is 1. The molecule has 0 radical (unpaired) electrons. The normalized spacial score (nSPS) is 15.2. The Labute approximate surface area is 226 Å². The summed E-state index contributed by atoms with van der Waals surface area (Å²) in [5.41, 5.74) is -0.327. The lowest BCUT2D eigenvalue weighted by atomic mass is 10.1. The van der Waals surface area contributed by atoms with E-state index < -0.39 is 11.4 Å². The fraction of sp³-hybridized carbons (Fsp3) is 0.481. The van der Waals surface area contributed by atoms with Gasteiger partial charge in [0, 0.05) is 30.5 Å². The van der Waals surface area contributed by atoms with Crippen molar-refractivity contribution in [2.45, 2.75) is 52.1 Å². The molecule has 0 bridgehead atoms. The number of amides is 2. The molecule has 1 fully saturated rings. The van der Waals surface area contributed by atoms with Crippen molar-refractivity contribution in [2.75, 3.05) is 38.1 Å². The molecule has 1 saturated heterocycles. The highest BCUT2D eigenvalue weighted by atomic mass is 32.1. The molecular formula is C27H36N6O4S. The highest BCUT2D eigenvalue weighted by Crippen LogP contribution is 2.11. The number of aliphatic hydroxyl groups excluding tert-OH is 1. The molecule has 0 unspecified atom stereocenters. The van der Waals surface area contributed by atoms with Crippen LogP contribution in [0.1, 0.15) is 50.4 Å². The number of rotatable bonds is 11. The van der Waals surface area contributed by atoms with Gasteiger partial charge in [0.1, 0.15) is 15.3 Å². The van der Waals surface area contributed by atoms with E-state index in [1.165, 1.54) is 23.6 Å². The number of likely N-dealkylation sites (tertiary alicyclic amines) is 1. The van der Waals surface area contributed by atoms with Crippen molar-refractivity contribution in [3.05, 3.63) is 49.4 Å². The van der Waals surface area contributed by atoms with Gasteiger partial charge in [-0.3, -0.25) is 19.0 Å². The van der Waals surface area contributed by atoms with Gasteiger partial charge in [0.05, 0.1) is 12.1 Å². The molecule has 2 aromatic rings. The third kappa shape index (κ3) is 7.54. The molecule has 4 N–H and O–H groups in total. The first-order valence-electron chi connectivity index (χ1n) is 12.8. The standard InChI is InChI=1S/C27H36N6O4S/c1-4-33-25(37)22(38-26(33)21(16-28)24(36)31-27(2,3)18-34)17-30-20-10-7-9-19(15-20)23(35)29-11-8-14-32-12-5-6-13-32/h7,9-10,15,17,30,34H,4-6,8,11-14,18H2,1-3H3,(H,29,35)(H,31,36)/b22-17+,26-21-. The van der Waals surface area contributed by atoms with Gasteiger partial charge in [-0.15, -0.1) is 11.3 Å². The Bertz CT molecular complexity index is 1370. The van der Waals surface area contributed by atoms with Gasteiger partial charge in [0.25, 0.3) is 17.4 Å². The van der Waals surface area contributed by atoms with Gasteiger partial charge in [0.2, 0.25) is 0 Å². The third-order valence-corrected chi connectivity index (χ3v) is 7.38. The highest BCUT2D eigenvalue weighted by molar-refractivity contribution is 7.07. The zero-order valence-corrected chi connectivity index (χ0v) is 23.0. The molecule has 10 nitrogen and oxygen atoms in total. The molecule has 0 spiro atoms. The summed E-state index contributed by atoms with van der Waals surface area (Å²) in [4.78, 5) is 40.7. The maximum Gasteiger partial charge on any atom is 0.270 e. The first-order valence-corrected chi connectivity index (χ1v) is 13.7. The van der Waals surface area contributed by atoms with Crippen LogP contribution < -0.4 is 30.7 Å². The van der Waals surface area contributed by atoms with Gasteiger partial charge in [-0.05, 0) is 77.9 Å². The minimum atomic E-state index is -0.921. The predicted octanol–water partition coefficient (Wildman–Crippen LogP) is 0.557. The molecule has 0 aliphatic carbocycles. The van der Waals surface area contributed by atoms with Crippen molar-refractivity contribution >= 4 is 40.6 Å². The maximum atomic E-state index is 13.0. The third-order valence-electron chi connectivity index (χ3n) is 6.25. The molecule has 38 heavy (non-hydrogen) atoms. The van der Waals surface area contributed by atoms with E-state index in [1.54, 1.807) is 45.0 Å². The van der Waals surface area contributed by atoms with Crippen LogP contribution in [-0.4, -0.2) is 64.7 Å². The molecule has 0 atom stereocenters. The summed E-state index contributed by atoms with van der Waals surface area (Å²) in [6.07, 6.45) is 4.91. The van der Waals surface area contributed by atoms with E-state index in [-0.39, 0.29) is 34.9 Å². The zero-order valence-electron chi connectivity index (χ0n) is 22.2. The van der Waals surface area contributed by atoms with Crippen molar-refractivity contribution in [1.82, 2.24) is 20.1 Å². The van der Waals surface area contributed by atoms with E-state index in [0.29, 0.717) is 22.3 Å². The van der Waals surface area contributed by atoms with Crippen LogP contribution >= 0.6 is 11.3 Å². The molecule has 1 aromatic carbocycles. The summed E-state index contributed by atoms with van der Waals surface area (Å²) in [7, 11) is 0. The molecule has 2 amide bonds. The van der Waals surface area contributed by atoms with Gasteiger partial charge in [-0.1, -0.05) is 6.07 Å². The number of anilines is 1. The number of benzene rings is 1. The van der Waals surface area contributed by atoms with E-state index in [9.17, 15) is 24.8 Å². The van der Waals surface area contributed by atoms with Crippen molar-refractivity contribution < 1.29 is 14.7 Å². The Morgan fingerprint density at radius 1 is 1.26 bits per heavy atom. The van der Waals surface area contributed by atoms with Crippen LogP contribution in [0.3, 0.4) is 0 Å². The van der Waals surface area contributed by atoms with Crippen LogP contribution in [0.2, 0.25) is 0 Å².